The molecule has 1 fully saturated rings. The summed E-state index contributed by atoms with van der Waals surface area (Å²) in [6.45, 7) is 8.15. The van der Waals surface area contributed by atoms with E-state index in [0.29, 0.717) is 6.04 Å². The van der Waals surface area contributed by atoms with Crippen LogP contribution in [0.25, 0.3) is 0 Å². The molecule has 1 aliphatic rings. The van der Waals surface area contributed by atoms with Crippen LogP contribution in [0.5, 0.6) is 0 Å². The molecule has 0 radical (unpaired) electrons. The fourth-order valence-electron chi connectivity index (χ4n) is 2.87. The lowest BCUT2D eigenvalue weighted by atomic mass is 9.98. The van der Waals surface area contributed by atoms with E-state index in [4.69, 9.17) is 14.9 Å². The molecule has 0 amide bonds. The molecule has 0 aromatic carbocycles. The molecule has 4 atom stereocenters. The molecule has 2 N–H and O–H groups in total. The third-order valence-electron chi connectivity index (χ3n) is 4.05. The molecule has 0 aliphatic carbocycles. The molecule has 1 aromatic rings. The average Bonchev–Trinajstić information content (AvgIpc) is 2.93. The van der Waals surface area contributed by atoms with Gasteiger partial charge in [0, 0.05) is 18.6 Å². The highest BCUT2D eigenvalue weighted by Crippen LogP contribution is 2.31. The first kappa shape index (κ1) is 14.6. The quantitative estimate of drug-likeness (QED) is 0.890. The molecule has 108 valence electrons. The summed E-state index contributed by atoms with van der Waals surface area (Å²) in [6, 6.07) is 4.63. The molecule has 19 heavy (non-hydrogen) atoms. The van der Waals surface area contributed by atoms with Crippen molar-refractivity contribution >= 4 is 0 Å². The summed E-state index contributed by atoms with van der Waals surface area (Å²) in [7, 11) is 0. The zero-order chi connectivity index (χ0) is 13.8. The minimum atomic E-state index is 0.0884. The molecule has 1 saturated heterocycles. The Bertz CT molecular complexity index is 366. The van der Waals surface area contributed by atoms with Crippen LogP contribution in [0.15, 0.2) is 22.8 Å². The van der Waals surface area contributed by atoms with Gasteiger partial charge in [0.1, 0.15) is 5.76 Å². The first-order chi connectivity index (χ1) is 9.17. The summed E-state index contributed by atoms with van der Waals surface area (Å²) in [5, 5.41) is 0. The third kappa shape index (κ3) is 3.19. The van der Waals surface area contributed by atoms with Crippen LogP contribution >= 0.6 is 0 Å². The molecule has 0 spiro atoms. The number of nitrogens with zero attached hydrogens (tertiary/aromatic N) is 1. The van der Waals surface area contributed by atoms with Crippen LogP contribution in [0.4, 0.5) is 0 Å². The zero-order valence-electron chi connectivity index (χ0n) is 12.2. The Balaban J connectivity index is 2.25. The van der Waals surface area contributed by atoms with Gasteiger partial charge in [-0.25, -0.2) is 0 Å². The van der Waals surface area contributed by atoms with E-state index in [9.17, 15) is 0 Å². The average molecular weight is 266 g/mol. The zero-order valence-corrected chi connectivity index (χ0v) is 12.2. The number of nitrogens with two attached hydrogens (primary N) is 1. The first-order valence-electron chi connectivity index (χ1n) is 7.33. The van der Waals surface area contributed by atoms with Crippen LogP contribution in [-0.2, 0) is 4.74 Å². The van der Waals surface area contributed by atoms with Gasteiger partial charge in [0.2, 0.25) is 0 Å². The van der Waals surface area contributed by atoms with Crippen LogP contribution in [0.2, 0.25) is 0 Å². The van der Waals surface area contributed by atoms with Crippen molar-refractivity contribution in [2.24, 2.45) is 5.73 Å². The largest absolute Gasteiger partial charge is 0.468 e. The molecule has 1 aromatic heterocycles. The van der Waals surface area contributed by atoms with Gasteiger partial charge in [-0.05, 0) is 31.9 Å². The Morgan fingerprint density at radius 1 is 1.47 bits per heavy atom. The Morgan fingerprint density at radius 3 is 2.84 bits per heavy atom. The van der Waals surface area contributed by atoms with Crippen molar-refractivity contribution in [1.29, 1.82) is 0 Å². The smallest absolute Gasteiger partial charge is 0.122 e. The lowest BCUT2D eigenvalue weighted by Crippen LogP contribution is -2.53. The number of morpholine rings is 1. The van der Waals surface area contributed by atoms with E-state index >= 15 is 0 Å². The van der Waals surface area contributed by atoms with E-state index in [0.717, 1.165) is 31.8 Å². The number of hydrogen-bond acceptors (Lipinski definition) is 4. The van der Waals surface area contributed by atoms with Gasteiger partial charge in [-0.1, -0.05) is 13.8 Å². The first-order valence-corrected chi connectivity index (χ1v) is 7.33. The van der Waals surface area contributed by atoms with Crippen molar-refractivity contribution < 1.29 is 9.15 Å². The summed E-state index contributed by atoms with van der Waals surface area (Å²) in [6.07, 6.45) is 3.99. The highest BCUT2D eigenvalue weighted by atomic mass is 16.5. The maximum Gasteiger partial charge on any atom is 0.122 e. The van der Waals surface area contributed by atoms with Crippen molar-refractivity contribution in [2.75, 3.05) is 13.2 Å². The molecule has 4 heteroatoms. The topological polar surface area (TPSA) is 51.6 Å². The molecule has 1 aliphatic heterocycles. The summed E-state index contributed by atoms with van der Waals surface area (Å²) in [5.41, 5.74) is 6.36. The Labute approximate surface area is 115 Å². The standard InChI is InChI=1S/C15H26N2O2/c1-4-12-10-19-11(3)9-17(12)15(13(16)5-2)14-7-6-8-18-14/h6-8,11-13,15H,4-5,9-10,16H2,1-3H3. The summed E-state index contributed by atoms with van der Waals surface area (Å²) in [4.78, 5) is 2.47. The van der Waals surface area contributed by atoms with Gasteiger partial charge in [0.25, 0.3) is 0 Å². The fourth-order valence-corrected chi connectivity index (χ4v) is 2.87. The van der Waals surface area contributed by atoms with Gasteiger partial charge in [-0.3, -0.25) is 4.90 Å². The van der Waals surface area contributed by atoms with Crippen molar-refractivity contribution in [3.8, 4) is 0 Å². The number of ether oxygens (including phenoxy) is 1. The van der Waals surface area contributed by atoms with E-state index in [1.165, 1.54) is 0 Å². The van der Waals surface area contributed by atoms with Gasteiger partial charge < -0.3 is 14.9 Å². The predicted molar refractivity (Wildman–Crippen MR) is 75.9 cm³/mol. The second-order valence-electron chi connectivity index (χ2n) is 5.44. The Hall–Kier alpha value is -0.840. The van der Waals surface area contributed by atoms with Crippen molar-refractivity contribution in [3.05, 3.63) is 24.2 Å². The lowest BCUT2D eigenvalue weighted by molar-refractivity contribution is -0.0802. The van der Waals surface area contributed by atoms with Gasteiger partial charge >= 0.3 is 0 Å². The molecule has 2 heterocycles. The van der Waals surface area contributed by atoms with Gasteiger partial charge in [-0.2, -0.15) is 0 Å². The van der Waals surface area contributed by atoms with Crippen LogP contribution in [0.1, 0.15) is 45.4 Å². The lowest BCUT2D eigenvalue weighted by Gasteiger charge is -2.44. The van der Waals surface area contributed by atoms with Crippen molar-refractivity contribution in [2.45, 2.75) is 57.8 Å². The van der Waals surface area contributed by atoms with Crippen molar-refractivity contribution in [3.63, 3.8) is 0 Å². The monoisotopic (exact) mass is 266 g/mol. The van der Waals surface area contributed by atoms with E-state index in [2.05, 4.69) is 25.7 Å². The van der Waals surface area contributed by atoms with E-state index < -0.39 is 0 Å². The molecular weight excluding hydrogens is 240 g/mol. The second kappa shape index (κ2) is 6.55. The SMILES string of the molecule is CCC(N)C(c1ccco1)N1CC(C)OCC1CC. The van der Waals surface area contributed by atoms with E-state index in [1.54, 1.807) is 6.26 Å². The number of hydrogen-bond donors (Lipinski definition) is 1. The normalized spacial score (nSPS) is 28.2. The van der Waals surface area contributed by atoms with E-state index in [-0.39, 0.29) is 18.2 Å². The summed E-state index contributed by atoms with van der Waals surface area (Å²) < 4.78 is 11.4. The molecule has 2 rings (SSSR count). The maximum atomic E-state index is 6.36. The highest BCUT2D eigenvalue weighted by Gasteiger charge is 2.36. The van der Waals surface area contributed by atoms with Crippen LogP contribution in [-0.4, -0.2) is 36.2 Å². The van der Waals surface area contributed by atoms with Gasteiger partial charge in [0.15, 0.2) is 0 Å². The van der Waals surface area contributed by atoms with E-state index in [1.807, 2.05) is 12.1 Å². The molecular formula is C15H26N2O2. The fraction of sp³-hybridized carbons (Fsp3) is 0.733. The van der Waals surface area contributed by atoms with Crippen LogP contribution in [0, 0.1) is 0 Å². The van der Waals surface area contributed by atoms with Gasteiger partial charge in [0.05, 0.1) is 25.0 Å². The second-order valence-corrected chi connectivity index (χ2v) is 5.44. The highest BCUT2D eigenvalue weighted by molar-refractivity contribution is 5.09. The van der Waals surface area contributed by atoms with Crippen LogP contribution in [0.3, 0.4) is 0 Å². The number of furan rings is 1. The molecule has 4 unspecified atom stereocenters. The molecule has 0 saturated carbocycles. The Morgan fingerprint density at radius 2 is 2.26 bits per heavy atom. The number of rotatable bonds is 5. The minimum Gasteiger partial charge on any atom is -0.468 e. The molecule has 4 nitrogen and oxygen atoms in total. The third-order valence-corrected chi connectivity index (χ3v) is 4.05. The summed E-state index contributed by atoms with van der Waals surface area (Å²) >= 11 is 0. The van der Waals surface area contributed by atoms with Crippen LogP contribution < -0.4 is 5.73 Å². The maximum absolute atomic E-state index is 6.36. The predicted octanol–water partition coefficient (Wildman–Crippen LogP) is 2.56. The van der Waals surface area contributed by atoms with Gasteiger partial charge in [-0.15, -0.1) is 0 Å². The minimum absolute atomic E-state index is 0.0884. The Kier molecular flexibility index (Phi) is 5.02. The summed E-state index contributed by atoms with van der Waals surface area (Å²) in [5.74, 6) is 0.974. The molecule has 0 bridgehead atoms. The van der Waals surface area contributed by atoms with Crippen molar-refractivity contribution in [1.82, 2.24) is 4.90 Å².